The quantitative estimate of drug-likeness (QED) is 0.769. The lowest BCUT2D eigenvalue weighted by molar-refractivity contribution is 0.102. The second kappa shape index (κ2) is 4.89. The summed E-state index contributed by atoms with van der Waals surface area (Å²) in [5.41, 5.74) is 3.48. The summed E-state index contributed by atoms with van der Waals surface area (Å²) in [4.78, 5) is 17.3. The summed E-state index contributed by atoms with van der Waals surface area (Å²) in [6, 6.07) is 8.50. The van der Waals surface area contributed by atoms with Crippen LogP contribution in [-0.2, 0) is 6.42 Å². The molecule has 98 valence electrons. The Morgan fingerprint density at radius 1 is 1.32 bits per heavy atom. The molecule has 2 aromatic rings. The van der Waals surface area contributed by atoms with Crippen molar-refractivity contribution in [3.63, 3.8) is 0 Å². The van der Waals surface area contributed by atoms with Gasteiger partial charge in [0.1, 0.15) is 5.01 Å². The topological polar surface area (TPSA) is 30.0 Å². The van der Waals surface area contributed by atoms with Crippen LogP contribution in [0.2, 0.25) is 0 Å². The zero-order valence-corrected chi connectivity index (χ0v) is 12.1. The number of thiazole rings is 1. The normalized spacial score (nSPS) is 14.6. The van der Waals surface area contributed by atoms with Crippen LogP contribution in [0.15, 0.2) is 24.3 Å². The van der Waals surface area contributed by atoms with Gasteiger partial charge in [-0.2, -0.15) is 0 Å². The molecule has 0 amide bonds. The summed E-state index contributed by atoms with van der Waals surface area (Å²) in [6.45, 7) is 3.79. The zero-order chi connectivity index (χ0) is 13.4. The Bertz CT molecular complexity index is 608. The summed E-state index contributed by atoms with van der Waals surface area (Å²) in [7, 11) is 0. The van der Waals surface area contributed by atoms with E-state index in [1.807, 2.05) is 0 Å². The largest absolute Gasteiger partial charge is 0.294 e. The van der Waals surface area contributed by atoms with Crippen LogP contribution >= 0.6 is 11.3 Å². The minimum absolute atomic E-state index is 0.149. The first kappa shape index (κ1) is 12.5. The molecule has 3 heteroatoms. The number of nitrogens with zero attached hydrogens (tertiary/aromatic N) is 1. The van der Waals surface area contributed by atoms with Gasteiger partial charge in [0.05, 0.1) is 10.6 Å². The van der Waals surface area contributed by atoms with Gasteiger partial charge in [0.15, 0.2) is 5.78 Å². The van der Waals surface area contributed by atoms with Crippen molar-refractivity contribution in [3.8, 4) is 10.6 Å². The second-order valence-corrected chi connectivity index (χ2v) is 6.11. The highest BCUT2D eigenvalue weighted by Crippen LogP contribution is 2.44. The fraction of sp³-hybridized carbons (Fsp3) is 0.375. The van der Waals surface area contributed by atoms with E-state index < -0.39 is 0 Å². The Kier molecular flexibility index (Phi) is 3.23. The fourth-order valence-electron chi connectivity index (χ4n) is 2.22. The molecule has 1 aromatic carbocycles. The van der Waals surface area contributed by atoms with Gasteiger partial charge in [0.2, 0.25) is 0 Å². The van der Waals surface area contributed by atoms with Crippen molar-refractivity contribution in [1.29, 1.82) is 0 Å². The molecular weight excluding hydrogens is 254 g/mol. The van der Waals surface area contributed by atoms with Gasteiger partial charge in [0.25, 0.3) is 0 Å². The number of Topliss-reactive ketones (excluding diaryl/α,β-unsaturated/α-hetero) is 1. The van der Waals surface area contributed by atoms with E-state index in [0.29, 0.717) is 5.92 Å². The van der Waals surface area contributed by atoms with E-state index in [2.05, 4.69) is 31.2 Å². The number of aromatic nitrogens is 1. The van der Waals surface area contributed by atoms with Gasteiger partial charge in [-0.3, -0.25) is 4.79 Å². The number of carbonyl (C=O) groups excluding carboxylic acids is 1. The van der Waals surface area contributed by atoms with Gasteiger partial charge in [-0.25, -0.2) is 4.98 Å². The minimum Gasteiger partial charge on any atom is -0.294 e. The lowest BCUT2D eigenvalue weighted by Crippen LogP contribution is -1.93. The molecule has 0 atom stereocenters. The minimum atomic E-state index is 0.149. The molecule has 0 radical (unpaired) electrons. The van der Waals surface area contributed by atoms with Crippen LogP contribution in [-0.4, -0.2) is 10.8 Å². The van der Waals surface area contributed by atoms with Crippen molar-refractivity contribution in [2.24, 2.45) is 0 Å². The van der Waals surface area contributed by atoms with Crippen molar-refractivity contribution in [2.45, 2.75) is 39.0 Å². The highest BCUT2D eigenvalue weighted by molar-refractivity contribution is 7.17. The van der Waals surface area contributed by atoms with Gasteiger partial charge >= 0.3 is 0 Å². The molecule has 1 aliphatic rings. The number of carbonyl (C=O) groups is 1. The van der Waals surface area contributed by atoms with E-state index in [-0.39, 0.29) is 5.78 Å². The SMILES string of the molecule is CCc1ccc(-c2nc(C3CC3)c(C(C)=O)s2)cc1. The maximum absolute atomic E-state index is 11.7. The van der Waals surface area contributed by atoms with Crippen LogP contribution in [0.5, 0.6) is 0 Å². The van der Waals surface area contributed by atoms with Gasteiger partial charge in [-0.15, -0.1) is 11.3 Å². The Balaban J connectivity index is 1.99. The van der Waals surface area contributed by atoms with E-state index in [4.69, 9.17) is 4.98 Å². The molecule has 1 fully saturated rings. The molecule has 1 aliphatic carbocycles. The highest BCUT2D eigenvalue weighted by atomic mass is 32.1. The van der Waals surface area contributed by atoms with E-state index in [1.165, 1.54) is 18.4 Å². The Labute approximate surface area is 117 Å². The molecule has 0 N–H and O–H groups in total. The van der Waals surface area contributed by atoms with Crippen molar-refractivity contribution in [2.75, 3.05) is 0 Å². The Hall–Kier alpha value is -1.48. The van der Waals surface area contributed by atoms with Gasteiger partial charge in [-0.1, -0.05) is 31.2 Å². The van der Waals surface area contributed by atoms with E-state index in [0.717, 1.165) is 27.6 Å². The van der Waals surface area contributed by atoms with Crippen molar-refractivity contribution < 1.29 is 4.79 Å². The lowest BCUT2D eigenvalue weighted by Gasteiger charge is -1.98. The number of hydrogen-bond donors (Lipinski definition) is 0. The number of aryl methyl sites for hydroxylation is 1. The summed E-state index contributed by atoms with van der Waals surface area (Å²) in [5, 5.41) is 0.981. The molecule has 0 aliphatic heterocycles. The van der Waals surface area contributed by atoms with Crippen molar-refractivity contribution in [3.05, 3.63) is 40.4 Å². The van der Waals surface area contributed by atoms with Crippen LogP contribution in [0.25, 0.3) is 10.6 Å². The third kappa shape index (κ3) is 2.47. The monoisotopic (exact) mass is 271 g/mol. The predicted octanol–water partition coefficient (Wildman–Crippen LogP) is 4.45. The molecule has 3 rings (SSSR count). The Morgan fingerprint density at radius 3 is 2.53 bits per heavy atom. The van der Waals surface area contributed by atoms with Crippen LogP contribution in [0, 0.1) is 0 Å². The first-order valence-electron chi connectivity index (χ1n) is 6.80. The van der Waals surface area contributed by atoms with Crippen LogP contribution in [0.3, 0.4) is 0 Å². The lowest BCUT2D eigenvalue weighted by atomic mass is 10.1. The summed E-state index contributed by atoms with van der Waals surface area (Å²) < 4.78 is 0. The standard InChI is InChI=1S/C16H17NOS/c1-3-11-4-6-13(7-5-11)16-17-14(12-8-9-12)15(19-16)10(2)18/h4-7,12H,3,8-9H2,1-2H3. The van der Waals surface area contributed by atoms with E-state index in [9.17, 15) is 4.79 Å². The molecule has 0 bridgehead atoms. The van der Waals surface area contributed by atoms with Crippen LogP contribution in [0.1, 0.15) is 53.5 Å². The number of benzene rings is 1. The van der Waals surface area contributed by atoms with Gasteiger partial charge < -0.3 is 0 Å². The summed E-state index contributed by atoms with van der Waals surface area (Å²) in [6.07, 6.45) is 3.40. The maximum atomic E-state index is 11.7. The summed E-state index contributed by atoms with van der Waals surface area (Å²) >= 11 is 1.54. The van der Waals surface area contributed by atoms with Gasteiger partial charge in [-0.05, 0) is 24.8 Å². The van der Waals surface area contributed by atoms with Crippen molar-refractivity contribution in [1.82, 2.24) is 4.98 Å². The molecule has 2 nitrogen and oxygen atoms in total. The van der Waals surface area contributed by atoms with Crippen molar-refractivity contribution >= 4 is 17.1 Å². The molecule has 0 spiro atoms. The van der Waals surface area contributed by atoms with E-state index >= 15 is 0 Å². The van der Waals surface area contributed by atoms with Crippen LogP contribution < -0.4 is 0 Å². The first-order valence-corrected chi connectivity index (χ1v) is 7.61. The highest BCUT2D eigenvalue weighted by Gasteiger charge is 2.31. The number of rotatable bonds is 4. The second-order valence-electron chi connectivity index (χ2n) is 5.11. The van der Waals surface area contributed by atoms with Crippen LogP contribution in [0.4, 0.5) is 0 Å². The predicted molar refractivity (Wildman–Crippen MR) is 78.9 cm³/mol. The maximum Gasteiger partial charge on any atom is 0.171 e. The van der Waals surface area contributed by atoms with Gasteiger partial charge in [0, 0.05) is 18.4 Å². The molecule has 1 heterocycles. The fourth-order valence-corrected chi connectivity index (χ4v) is 3.28. The number of hydrogen-bond acceptors (Lipinski definition) is 3. The molecule has 0 saturated heterocycles. The molecule has 0 unspecified atom stereocenters. The average Bonchev–Trinajstić information content (AvgIpc) is 3.17. The van der Waals surface area contributed by atoms with E-state index in [1.54, 1.807) is 18.3 Å². The smallest absolute Gasteiger partial charge is 0.171 e. The average molecular weight is 271 g/mol. The third-order valence-electron chi connectivity index (χ3n) is 3.55. The molecular formula is C16H17NOS. The Morgan fingerprint density at radius 2 is 2.00 bits per heavy atom. The zero-order valence-electron chi connectivity index (χ0n) is 11.3. The third-order valence-corrected chi connectivity index (χ3v) is 4.77. The molecule has 1 saturated carbocycles. The molecule has 19 heavy (non-hydrogen) atoms. The first-order chi connectivity index (χ1) is 9.19. The molecule has 1 aromatic heterocycles. The summed E-state index contributed by atoms with van der Waals surface area (Å²) in [5.74, 6) is 0.676. The number of ketones is 1.